The third-order valence-corrected chi connectivity index (χ3v) is 5.27. The molecule has 2 aliphatic rings. The molecule has 2 heterocycles. The Morgan fingerprint density at radius 3 is 2.52 bits per heavy atom. The van der Waals surface area contributed by atoms with E-state index in [4.69, 9.17) is 18.9 Å². The second-order valence-corrected chi connectivity index (χ2v) is 7.13. The highest BCUT2D eigenvalue weighted by atomic mass is 16.6. The van der Waals surface area contributed by atoms with Crippen molar-refractivity contribution < 1.29 is 28.5 Å². The average Bonchev–Trinajstić information content (AvgIpc) is 3.24. The smallest absolute Gasteiger partial charge is 0.411 e. The van der Waals surface area contributed by atoms with Crippen LogP contribution < -0.4 is 4.74 Å². The Balaban J connectivity index is 1.57. The van der Waals surface area contributed by atoms with Crippen LogP contribution in [0, 0.1) is 0 Å². The van der Waals surface area contributed by atoms with Gasteiger partial charge in [0.15, 0.2) is 12.2 Å². The molecule has 2 aromatic carbocycles. The van der Waals surface area contributed by atoms with Crippen molar-refractivity contribution in [1.29, 1.82) is 0 Å². The number of nitrogens with zero attached hydrogens (tertiary/aromatic N) is 1. The van der Waals surface area contributed by atoms with Gasteiger partial charge in [0.25, 0.3) is 0 Å². The molecular weight excluding hydrogens is 374 g/mol. The summed E-state index contributed by atoms with van der Waals surface area (Å²) in [6.07, 6.45) is -2.03. The van der Waals surface area contributed by atoms with E-state index in [2.05, 4.69) is 0 Å². The SMILES string of the molecule is COc1ccc([C@@H]2OC(=O)N3C[C@H](OCc4ccccc4)[C@@H](OC(C)=O)[C@@H]23)cc1. The summed E-state index contributed by atoms with van der Waals surface area (Å²) in [5, 5.41) is 0. The Labute approximate surface area is 169 Å². The summed E-state index contributed by atoms with van der Waals surface area (Å²) in [7, 11) is 1.59. The molecule has 0 spiro atoms. The van der Waals surface area contributed by atoms with Crippen LogP contribution in [0.3, 0.4) is 0 Å². The highest BCUT2D eigenvalue weighted by molar-refractivity contribution is 5.73. The zero-order chi connectivity index (χ0) is 20.4. The first kappa shape index (κ1) is 19.3. The van der Waals surface area contributed by atoms with Gasteiger partial charge in [0.2, 0.25) is 0 Å². The zero-order valence-corrected chi connectivity index (χ0v) is 16.3. The molecule has 29 heavy (non-hydrogen) atoms. The molecule has 2 aromatic rings. The average molecular weight is 397 g/mol. The van der Waals surface area contributed by atoms with Gasteiger partial charge in [0.05, 0.1) is 20.3 Å². The fraction of sp³-hybridized carbons (Fsp3) is 0.364. The van der Waals surface area contributed by atoms with Crippen molar-refractivity contribution in [2.24, 2.45) is 0 Å². The Bertz CT molecular complexity index is 869. The Morgan fingerprint density at radius 2 is 1.86 bits per heavy atom. The third-order valence-electron chi connectivity index (χ3n) is 5.27. The third kappa shape index (κ3) is 3.91. The number of hydrogen-bond donors (Lipinski definition) is 0. The van der Waals surface area contributed by atoms with Crippen LogP contribution in [-0.2, 0) is 25.6 Å². The number of ether oxygens (including phenoxy) is 4. The van der Waals surface area contributed by atoms with Crippen LogP contribution in [-0.4, -0.2) is 48.9 Å². The minimum atomic E-state index is -0.616. The lowest BCUT2D eigenvalue weighted by atomic mass is 9.98. The first-order valence-corrected chi connectivity index (χ1v) is 9.51. The van der Waals surface area contributed by atoms with Gasteiger partial charge in [0.1, 0.15) is 17.9 Å². The lowest BCUT2D eigenvalue weighted by Gasteiger charge is -2.26. The summed E-state index contributed by atoms with van der Waals surface area (Å²) in [6.45, 7) is 2.03. The fourth-order valence-electron chi connectivity index (χ4n) is 3.92. The highest BCUT2D eigenvalue weighted by Crippen LogP contribution is 2.41. The lowest BCUT2D eigenvalue weighted by Crippen LogP contribution is -2.40. The van der Waals surface area contributed by atoms with Crippen molar-refractivity contribution in [2.75, 3.05) is 13.7 Å². The molecule has 0 aromatic heterocycles. The van der Waals surface area contributed by atoms with Gasteiger partial charge in [-0.1, -0.05) is 42.5 Å². The fourth-order valence-corrected chi connectivity index (χ4v) is 3.92. The van der Waals surface area contributed by atoms with Gasteiger partial charge in [-0.3, -0.25) is 9.69 Å². The summed E-state index contributed by atoms with van der Waals surface area (Å²) in [5.74, 6) is 0.292. The molecule has 2 saturated heterocycles. The molecule has 152 valence electrons. The minimum Gasteiger partial charge on any atom is -0.497 e. The molecule has 2 fully saturated rings. The molecule has 0 N–H and O–H groups in total. The van der Waals surface area contributed by atoms with Gasteiger partial charge in [-0.15, -0.1) is 0 Å². The van der Waals surface area contributed by atoms with E-state index in [-0.39, 0.29) is 0 Å². The molecule has 0 unspecified atom stereocenters. The maximum atomic E-state index is 12.5. The van der Waals surface area contributed by atoms with E-state index in [1.54, 1.807) is 12.0 Å². The number of cyclic esters (lactones) is 1. The molecule has 7 nitrogen and oxygen atoms in total. The molecule has 4 rings (SSSR count). The number of fused-ring (bicyclic) bond motifs is 1. The maximum Gasteiger partial charge on any atom is 0.411 e. The van der Waals surface area contributed by atoms with Crippen molar-refractivity contribution in [2.45, 2.75) is 37.9 Å². The van der Waals surface area contributed by atoms with Crippen molar-refractivity contribution in [3.63, 3.8) is 0 Å². The molecule has 1 amide bonds. The van der Waals surface area contributed by atoms with Gasteiger partial charge >= 0.3 is 12.1 Å². The number of esters is 1. The minimum absolute atomic E-state index is 0.306. The van der Waals surface area contributed by atoms with E-state index in [1.807, 2.05) is 54.6 Å². The number of carbonyl (C=O) groups excluding carboxylic acids is 2. The van der Waals surface area contributed by atoms with Crippen LogP contribution in [0.1, 0.15) is 24.2 Å². The quantitative estimate of drug-likeness (QED) is 0.698. The van der Waals surface area contributed by atoms with Crippen molar-refractivity contribution in [3.8, 4) is 5.75 Å². The van der Waals surface area contributed by atoms with Crippen LogP contribution in [0.15, 0.2) is 54.6 Å². The summed E-state index contributed by atoms with van der Waals surface area (Å²) in [4.78, 5) is 25.9. The first-order chi connectivity index (χ1) is 14.1. The largest absolute Gasteiger partial charge is 0.497 e. The molecule has 0 bridgehead atoms. The zero-order valence-electron chi connectivity index (χ0n) is 16.3. The van der Waals surface area contributed by atoms with Crippen LogP contribution in [0.2, 0.25) is 0 Å². The normalized spacial score (nSPS) is 25.4. The molecule has 2 aliphatic heterocycles. The predicted molar refractivity (Wildman–Crippen MR) is 103 cm³/mol. The number of rotatable bonds is 6. The van der Waals surface area contributed by atoms with E-state index in [1.165, 1.54) is 6.92 Å². The number of amides is 1. The Kier molecular flexibility index (Phi) is 5.40. The van der Waals surface area contributed by atoms with Crippen LogP contribution in [0.25, 0.3) is 0 Å². The van der Waals surface area contributed by atoms with Crippen molar-refractivity contribution in [1.82, 2.24) is 4.90 Å². The second kappa shape index (κ2) is 8.13. The predicted octanol–water partition coefficient (Wildman–Crippen LogP) is 3.09. The summed E-state index contributed by atoms with van der Waals surface area (Å²) in [6, 6.07) is 16.6. The van der Waals surface area contributed by atoms with Crippen LogP contribution in [0.5, 0.6) is 5.75 Å². The lowest BCUT2D eigenvalue weighted by molar-refractivity contribution is -0.155. The van der Waals surface area contributed by atoms with Gasteiger partial charge in [0, 0.05) is 6.92 Å². The van der Waals surface area contributed by atoms with E-state index in [0.717, 1.165) is 11.1 Å². The number of methoxy groups -OCH3 is 1. The van der Waals surface area contributed by atoms with Crippen molar-refractivity contribution in [3.05, 3.63) is 65.7 Å². The molecule has 0 aliphatic carbocycles. The van der Waals surface area contributed by atoms with Crippen LogP contribution >= 0.6 is 0 Å². The monoisotopic (exact) mass is 397 g/mol. The molecule has 4 atom stereocenters. The van der Waals surface area contributed by atoms with E-state index >= 15 is 0 Å². The molecular formula is C22H23NO6. The highest BCUT2D eigenvalue weighted by Gasteiger charge is 2.57. The maximum absolute atomic E-state index is 12.5. The standard InChI is InChI=1S/C22H23NO6/c1-14(24)28-21-18(27-13-15-6-4-3-5-7-15)12-23-19(21)20(29-22(23)25)16-8-10-17(26-2)11-9-16/h3-11,18-21H,12-13H2,1-2H3/t18-,19+,20-,21+/m0/s1. The first-order valence-electron chi connectivity index (χ1n) is 9.51. The number of carbonyl (C=O) groups is 2. The number of hydrogen-bond acceptors (Lipinski definition) is 6. The Hall–Kier alpha value is -3.06. The van der Waals surface area contributed by atoms with Gasteiger partial charge in [-0.25, -0.2) is 4.79 Å². The summed E-state index contributed by atoms with van der Waals surface area (Å²) in [5.41, 5.74) is 1.82. The van der Waals surface area contributed by atoms with Crippen LogP contribution in [0.4, 0.5) is 4.79 Å². The molecule has 7 heteroatoms. The van der Waals surface area contributed by atoms with Crippen molar-refractivity contribution >= 4 is 12.1 Å². The van der Waals surface area contributed by atoms with Gasteiger partial charge in [-0.05, 0) is 23.3 Å². The van der Waals surface area contributed by atoms with E-state index in [9.17, 15) is 9.59 Å². The van der Waals surface area contributed by atoms with Gasteiger partial charge < -0.3 is 18.9 Å². The van der Waals surface area contributed by atoms with Gasteiger partial charge in [-0.2, -0.15) is 0 Å². The Morgan fingerprint density at radius 1 is 1.14 bits per heavy atom. The molecule has 0 radical (unpaired) electrons. The second-order valence-electron chi connectivity index (χ2n) is 7.13. The number of benzene rings is 2. The van der Waals surface area contributed by atoms with E-state index in [0.29, 0.717) is 18.9 Å². The van der Waals surface area contributed by atoms with E-state index < -0.39 is 36.4 Å². The summed E-state index contributed by atoms with van der Waals surface area (Å²) < 4.78 is 22.5. The summed E-state index contributed by atoms with van der Waals surface area (Å²) >= 11 is 0. The molecule has 0 saturated carbocycles. The topological polar surface area (TPSA) is 74.3 Å².